The normalized spacial score (nSPS) is 22.3. The van der Waals surface area contributed by atoms with Crippen LogP contribution < -0.4 is 0 Å². The fraction of sp³-hybridized carbons (Fsp3) is 0.467. The predicted octanol–water partition coefficient (Wildman–Crippen LogP) is 6.09. The van der Waals surface area contributed by atoms with Crippen molar-refractivity contribution in [1.82, 2.24) is 9.47 Å². The van der Waals surface area contributed by atoms with Crippen LogP contribution in [0.15, 0.2) is 47.6 Å². The van der Waals surface area contributed by atoms with Gasteiger partial charge in [-0.3, -0.25) is 4.79 Å². The molecule has 1 atom stereocenters. The van der Waals surface area contributed by atoms with Gasteiger partial charge in [0.25, 0.3) is 5.91 Å². The Morgan fingerprint density at radius 3 is 2.69 bits per heavy atom. The summed E-state index contributed by atoms with van der Waals surface area (Å²) >= 11 is 0. The van der Waals surface area contributed by atoms with Crippen molar-refractivity contribution < 1.29 is 18.7 Å². The Hall–Kier alpha value is -3.15. The van der Waals surface area contributed by atoms with E-state index in [2.05, 4.69) is 28.9 Å². The highest BCUT2D eigenvalue weighted by atomic mass is 19.1. The van der Waals surface area contributed by atoms with E-state index in [-0.39, 0.29) is 18.4 Å². The molecule has 0 unspecified atom stereocenters. The second kappa shape index (κ2) is 9.38. The van der Waals surface area contributed by atoms with Gasteiger partial charge in [-0.25, -0.2) is 9.18 Å². The van der Waals surface area contributed by atoms with Crippen molar-refractivity contribution in [3.05, 3.63) is 64.4 Å². The summed E-state index contributed by atoms with van der Waals surface area (Å²) in [7, 11) is 1.40. The lowest BCUT2D eigenvalue weighted by Crippen LogP contribution is -2.31. The summed E-state index contributed by atoms with van der Waals surface area (Å²) in [5.41, 5.74) is 7.08. The van der Waals surface area contributed by atoms with E-state index in [4.69, 9.17) is 4.74 Å². The predicted molar refractivity (Wildman–Crippen MR) is 139 cm³/mol. The van der Waals surface area contributed by atoms with Crippen LogP contribution in [0.4, 0.5) is 4.39 Å². The number of nitrogens with zero attached hydrogens (tertiary/aromatic N) is 2. The van der Waals surface area contributed by atoms with Gasteiger partial charge in [-0.2, -0.15) is 0 Å². The minimum Gasteiger partial charge on any atom is -0.465 e. The topological polar surface area (TPSA) is 51.5 Å². The number of hydrogen-bond acceptors (Lipinski definition) is 3. The van der Waals surface area contributed by atoms with Crippen LogP contribution in [-0.4, -0.2) is 47.7 Å². The van der Waals surface area contributed by atoms with E-state index in [1.807, 2.05) is 12.1 Å². The summed E-state index contributed by atoms with van der Waals surface area (Å²) in [5.74, 6) is 0.0129. The summed E-state index contributed by atoms with van der Waals surface area (Å²) in [6.45, 7) is 1.04. The van der Waals surface area contributed by atoms with Crippen molar-refractivity contribution in [2.75, 3.05) is 20.2 Å². The van der Waals surface area contributed by atoms with Gasteiger partial charge in [-0.1, -0.05) is 37.5 Å². The van der Waals surface area contributed by atoms with Crippen molar-refractivity contribution in [2.24, 2.45) is 0 Å². The minimum atomic E-state index is -0.948. The van der Waals surface area contributed by atoms with Gasteiger partial charge in [0.15, 0.2) is 0 Å². The first-order chi connectivity index (χ1) is 17.5. The lowest BCUT2D eigenvalue weighted by Gasteiger charge is -2.24. The van der Waals surface area contributed by atoms with Crippen LogP contribution in [0.5, 0.6) is 0 Å². The fourth-order valence-electron chi connectivity index (χ4n) is 6.60. The third kappa shape index (κ3) is 3.91. The Bertz CT molecular complexity index is 1330. The Kier molecular flexibility index (Phi) is 6.06. The molecule has 1 aromatic carbocycles. The Labute approximate surface area is 211 Å². The molecule has 0 bridgehead atoms. The van der Waals surface area contributed by atoms with Crippen LogP contribution in [0.3, 0.4) is 0 Å². The van der Waals surface area contributed by atoms with Gasteiger partial charge >= 0.3 is 5.97 Å². The van der Waals surface area contributed by atoms with E-state index in [1.54, 1.807) is 4.90 Å². The molecule has 36 heavy (non-hydrogen) atoms. The van der Waals surface area contributed by atoms with Crippen LogP contribution in [0.25, 0.3) is 16.5 Å². The number of carbonyl (C=O) groups excluding carboxylic acids is 2. The maximum Gasteiger partial charge on any atom is 0.337 e. The molecule has 0 N–H and O–H groups in total. The van der Waals surface area contributed by atoms with Gasteiger partial charge in [-0.05, 0) is 67.4 Å². The average molecular weight is 489 g/mol. The summed E-state index contributed by atoms with van der Waals surface area (Å²) in [5, 5.41) is 1.16. The number of hydrogen-bond donors (Lipinski definition) is 0. The van der Waals surface area contributed by atoms with E-state index < -0.39 is 6.17 Å². The van der Waals surface area contributed by atoms with E-state index in [0.717, 1.165) is 36.6 Å². The third-order valence-corrected chi connectivity index (χ3v) is 8.37. The third-order valence-electron chi connectivity index (χ3n) is 8.37. The zero-order chi connectivity index (χ0) is 24.8. The van der Waals surface area contributed by atoms with Gasteiger partial charge in [0.1, 0.15) is 6.17 Å². The van der Waals surface area contributed by atoms with Crippen LogP contribution >= 0.6 is 0 Å². The molecule has 0 radical (unpaired) electrons. The minimum absolute atomic E-state index is 0.0745. The zero-order valence-corrected chi connectivity index (χ0v) is 20.9. The number of rotatable bonds is 3. The smallest absolute Gasteiger partial charge is 0.337 e. The number of aromatic nitrogens is 1. The molecule has 1 saturated heterocycles. The number of ether oxygens (including phenoxy) is 1. The number of amides is 1. The average Bonchev–Trinajstić information content (AvgIpc) is 3.43. The standard InChI is InChI=1S/C30H33FN2O3/c1-36-30(35)21-11-12-25-26(16-21)33-17-22(29(34)32-14-13-23(31)18-32)15-20-9-5-6-10-24(20)28(33)27(25)19-7-3-2-4-8-19/h6,10-12,15-16,19,23H,2-5,7-9,13-14,17-18H2,1H3/t23-/m0/s1. The van der Waals surface area contributed by atoms with Gasteiger partial charge in [0.05, 0.1) is 31.5 Å². The first-order valence-electron chi connectivity index (χ1n) is 13.3. The summed E-state index contributed by atoms with van der Waals surface area (Å²) < 4.78 is 21.2. The van der Waals surface area contributed by atoms with Crippen LogP contribution in [0, 0.1) is 0 Å². The number of halogens is 1. The quantitative estimate of drug-likeness (QED) is 0.492. The highest BCUT2D eigenvalue weighted by Gasteiger charge is 2.33. The second-order valence-electron chi connectivity index (χ2n) is 10.6. The number of methoxy groups -OCH3 is 1. The first-order valence-corrected chi connectivity index (χ1v) is 13.3. The largest absolute Gasteiger partial charge is 0.465 e. The molecule has 2 aromatic rings. The molecule has 1 aromatic heterocycles. The second-order valence-corrected chi connectivity index (χ2v) is 10.6. The van der Waals surface area contributed by atoms with Gasteiger partial charge in [0, 0.05) is 28.6 Å². The summed E-state index contributed by atoms with van der Waals surface area (Å²) in [6, 6.07) is 5.85. The number of likely N-dealkylation sites (tertiary alicyclic amines) is 1. The number of carbonyl (C=O) groups is 2. The van der Waals surface area contributed by atoms with E-state index in [1.165, 1.54) is 48.8 Å². The Morgan fingerprint density at radius 1 is 1.11 bits per heavy atom. The zero-order valence-electron chi connectivity index (χ0n) is 20.9. The van der Waals surface area contributed by atoms with Gasteiger partial charge < -0.3 is 14.2 Å². The highest BCUT2D eigenvalue weighted by Crippen LogP contribution is 2.46. The summed E-state index contributed by atoms with van der Waals surface area (Å²) in [4.78, 5) is 27.7. The molecule has 2 fully saturated rings. The molecular formula is C30H33FN2O3. The van der Waals surface area contributed by atoms with E-state index in [9.17, 15) is 14.0 Å². The fourth-order valence-corrected chi connectivity index (χ4v) is 6.60. The molecule has 188 valence electrons. The lowest BCUT2D eigenvalue weighted by molar-refractivity contribution is -0.126. The molecule has 5 nitrogen and oxygen atoms in total. The molecule has 6 heteroatoms. The molecule has 6 rings (SSSR count). The van der Waals surface area contributed by atoms with Crippen molar-refractivity contribution in [2.45, 2.75) is 70.0 Å². The maximum atomic E-state index is 14.0. The Balaban J connectivity index is 1.57. The van der Waals surface area contributed by atoms with Crippen LogP contribution in [0.2, 0.25) is 0 Å². The molecule has 1 saturated carbocycles. The number of alkyl halides is 1. The molecular weight excluding hydrogens is 455 g/mol. The van der Waals surface area contributed by atoms with Crippen molar-refractivity contribution in [3.8, 4) is 0 Å². The number of fused-ring (bicyclic) bond motifs is 4. The molecule has 2 aliphatic carbocycles. The first kappa shape index (κ1) is 23.3. The molecule has 2 aliphatic heterocycles. The SMILES string of the molecule is COC(=O)c1ccc2c(C3CCCCC3)c3n(c2c1)CC(C(=O)N1CC[C@H](F)C1)=CC1=C3C=CCC1. The lowest BCUT2D eigenvalue weighted by atomic mass is 9.80. The Morgan fingerprint density at radius 2 is 1.94 bits per heavy atom. The van der Waals surface area contributed by atoms with Crippen LogP contribution in [-0.2, 0) is 16.1 Å². The maximum absolute atomic E-state index is 14.0. The number of esters is 1. The molecule has 4 aliphatic rings. The van der Waals surface area contributed by atoms with Crippen LogP contribution in [0.1, 0.15) is 78.9 Å². The van der Waals surface area contributed by atoms with Crippen molar-refractivity contribution in [3.63, 3.8) is 0 Å². The van der Waals surface area contributed by atoms with Crippen molar-refractivity contribution >= 4 is 28.4 Å². The molecule has 1 amide bonds. The van der Waals surface area contributed by atoms with E-state index >= 15 is 0 Å². The summed E-state index contributed by atoms with van der Waals surface area (Å²) in [6.07, 6.45) is 13.8. The van der Waals surface area contributed by atoms with Crippen molar-refractivity contribution in [1.29, 1.82) is 0 Å². The molecule has 3 heterocycles. The number of benzene rings is 1. The van der Waals surface area contributed by atoms with Gasteiger partial charge in [0.2, 0.25) is 0 Å². The number of allylic oxidation sites excluding steroid dienone is 5. The van der Waals surface area contributed by atoms with E-state index in [0.29, 0.717) is 36.6 Å². The monoisotopic (exact) mass is 488 g/mol. The van der Waals surface area contributed by atoms with Gasteiger partial charge in [-0.15, -0.1) is 0 Å². The highest BCUT2D eigenvalue weighted by molar-refractivity contribution is 6.01. The molecule has 0 spiro atoms.